The van der Waals surface area contributed by atoms with Crippen LogP contribution < -0.4 is 0 Å². The molecule has 0 fully saturated rings. The molecule has 0 aliphatic heterocycles. The van der Waals surface area contributed by atoms with E-state index in [0.717, 1.165) is 141 Å². The zero-order chi connectivity index (χ0) is 75.3. The lowest BCUT2D eigenvalue weighted by molar-refractivity contribution is 0.341. The Morgan fingerprint density at radius 2 is 0.208 bits per heavy atom. The van der Waals surface area contributed by atoms with Gasteiger partial charge in [0.1, 0.15) is 0 Å². The lowest BCUT2D eigenvalue weighted by Gasteiger charge is -2.05. The molecule has 1 heteroatoms. The van der Waals surface area contributed by atoms with Crippen LogP contribution in [0.2, 0.25) is 0 Å². The van der Waals surface area contributed by atoms with E-state index >= 15 is 0 Å². The fourth-order valence-electron chi connectivity index (χ4n) is 12.5. The predicted octanol–water partition coefficient (Wildman–Crippen LogP) is 33.7. The molecule has 0 aromatic carbocycles. The van der Waals surface area contributed by atoms with Crippen molar-refractivity contribution in [3.63, 3.8) is 0 Å². The number of hydrogen-bond donors (Lipinski definition) is 1. The van der Waals surface area contributed by atoms with Gasteiger partial charge in [0.2, 0.25) is 0 Å². The van der Waals surface area contributed by atoms with Crippen LogP contribution in [0.3, 0.4) is 0 Å². The fourth-order valence-corrected chi connectivity index (χ4v) is 12.5. The van der Waals surface area contributed by atoms with Gasteiger partial charge in [0.15, 0.2) is 0 Å². The summed E-state index contributed by atoms with van der Waals surface area (Å²) in [6.07, 6.45) is 92.5. The van der Waals surface area contributed by atoms with Crippen LogP contribution in [0.1, 0.15) is 389 Å². The number of aliphatic hydroxyl groups excluding tert-OH is 1. The van der Waals surface area contributed by atoms with Crippen molar-refractivity contribution in [2.75, 3.05) is 6.61 Å². The second kappa shape index (κ2) is 64.4. The molecule has 0 unspecified atom stereocenters. The number of rotatable bonds is 58. The molecule has 0 rings (SSSR count). The van der Waals surface area contributed by atoms with Crippen molar-refractivity contribution in [3.8, 4) is 0 Å². The topological polar surface area (TPSA) is 20.2 Å². The third kappa shape index (κ3) is 65.3. The Morgan fingerprint density at radius 1 is 0.129 bits per heavy atom. The van der Waals surface area contributed by atoms with Crippen molar-refractivity contribution in [3.05, 3.63) is 233 Å². The summed E-state index contributed by atoms with van der Waals surface area (Å²) in [5.41, 5.74) is 30.1. The summed E-state index contributed by atoms with van der Waals surface area (Å²) in [5.74, 6) is 0. The van der Waals surface area contributed by atoms with Gasteiger partial charge in [-0.2, -0.15) is 0 Å². The van der Waals surface area contributed by atoms with E-state index in [1.54, 1.807) is 0 Å². The second-order valence-electron chi connectivity index (χ2n) is 31.7. The van der Waals surface area contributed by atoms with E-state index in [0.29, 0.717) is 0 Å². The maximum absolute atomic E-state index is 9.04. The van der Waals surface area contributed by atoms with Gasteiger partial charge in [-0.15, -0.1) is 0 Å². The molecule has 568 valence electrons. The van der Waals surface area contributed by atoms with E-state index in [1.807, 2.05) is 6.08 Å². The highest BCUT2D eigenvalue weighted by Crippen LogP contribution is 2.23. The van der Waals surface area contributed by atoms with Gasteiger partial charge < -0.3 is 5.11 Å². The summed E-state index contributed by atoms with van der Waals surface area (Å²) in [7, 11) is 0. The molecule has 101 heavy (non-hydrogen) atoms. The number of allylic oxidation sites excluding steroid dienone is 39. The minimum Gasteiger partial charge on any atom is -0.392 e. The maximum Gasteiger partial charge on any atom is 0.0614 e. The average Bonchev–Trinajstić information content (AvgIpc) is 3.74. The van der Waals surface area contributed by atoms with Gasteiger partial charge in [0.05, 0.1) is 6.61 Å². The van der Waals surface area contributed by atoms with Crippen LogP contribution in [0.15, 0.2) is 233 Å². The molecule has 1 nitrogen and oxygen atoms in total. The van der Waals surface area contributed by atoms with Gasteiger partial charge in [-0.05, 0) is 389 Å². The zero-order valence-electron chi connectivity index (χ0n) is 70.6. The molecule has 1 N–H and O–H groups in total. The van der Waals surface area contributed by atoms with Gasteiger partial charge in [-0.3, -0.25) is 0 Å². The van der Waals surface area contributed by atoms with Crippen LogP contribution in [-0.4, -0.2) is 11.7 Å². The molecule has 0 bridgehead atoms. The van der Waals surface area contributed by atoms with E-state index in [9.17, 15) is 0 Å². The predicted molar refractivity (Wildman–Crippen MR) is 463 cm³/mol. The first kappa shape index (κ1) is 95.8. The molecule has 0 heterocycles. The van der Waals surface area contributed by atoms with Crippen LogP contribution >= 0.6 is 0 Å². The quantitative estimate of drug-likeness (QED) is 0.0602. The van der Waals surface area contributed by atoms with E-state index in [2.05, 4.69) is 261 Å². The Bertz CT molecular complexity index is 2920. The normalized spacial score (nSPS) is 15.3. The van der Waals surface area contributed by atoms with E-state index in [1.165, 1.54) is 214 Å². The van der Waals surface area contributed by atoms with Crippen molar-refractivity contribution in [1.29, 1.82) is 0 Å². The van der Waals surface area contributed by atoms with E-state index in [4.69, 9.17) is 5.11 Å². The lowest BCUT2D eigenvalue weighted by atomic mass is 10.0. The molecule has 0 amide bonds. The molecule has 0 radical (unpaired) electrons. The lowest BCUT2D eigenvalue weighted by Crippen LogP contribution is -1.84. The first-order valence-electron chi connectivity index (χ1n) is 41.0. The van der Waals surface area contributed by atoms with Gasteiger partial charge in [0, 0.05) is 0 Å². The smallest absolute Gasteiger partial charge is 0.0614 e. The van der Waals surface area contributed by atoms with Crippen molar-refractivity contribution >= 4 is 0 Å². The van der Waals surface area contributed by atoms with Gasteiger partial charge in [-0.25, -0.2) is 0 Å². The second-order valence-corrected chi connectivity index (χ2v) is 31.7. The van der Waals surface area contributed by atoms with E-state index < -0.39 is 0 Å². The zero-order valence-corrected chi connectivity index (χ0v) is 70.6. The molecule has 0 spiro atoms. The summed E-state index contributed by atoms with van der Waals surface area (Å²) in [6.45, 7) is 48.2. The SMILES string of the molecule is CC(C)=CCC/C(C)=C/CC/C(C)=C/CC/C(C)=C\CC/C(C)=C\CC/C(C)=C\CC/C(C)=C\CC/C(C)=C\CC/C(C)=C\CC/C(C)=C\CC/C(C)=C\CC/C(C)=C\CC/C(C)=C\CC/C(C)=C\CC/C(C)=C\CC/C(C)=C\CC/C(C)=C\CC/C(C)=C\CC/C(C)=C\CC/C(C)=C\CO. The fraction of sp³-hybridized carbons (Fsp3) is 0.600. The van der Waals surface area contributed by atoms with Crippen molar-refractivity contribution < 1.29 is 5.11 Å². The standard InChI is InChI=1S/C100H162O/c1-81(2)41-22-42-82(3)43-23-44-83(4)45-24-46-84(5)47-25-48-85(6)49-26-50-86(7)51-27-52-87(8)53-28-54-88(9)55-29-56-89(10)57-30-58-90(11)59-31-60-91(12)61-32-62-92(13)63-33-64-93(14)65-34-66-94(15)67-35-68-95(16)69-36-70-96(17)71-37-72-97(18)73-38-74-98(19)75-39-76-99(20)77-40-78-100(21)79-80-101/h41,43,45,47,49,51,53,55,57,59,61,63,65,67,69,71,73,75,77,79,101H,22-40,42,44,46,48,50,52,54,56,58,60,62,64,66,68,70,72,74,76,78,80H2,1-21H3/b82-43+,83-45+,84-47-,85-49-,86-51-,87-53-,88-55-,89-57-,90-59-,91-61-,92-63-,93-65-,94-67-,95-69-,96-71-,97-73-,98-75-,99-77-,100-79-. The molecule has 0 aliphatic carbocycles. The summed E-state index contributed by atoms with van der Waals surface area (Å²) >= 11 is 0. The van der Waals surface area contributed by atoms with Crippen molar-refractivity contribution in [2.45, 2.75) is 389 Å². The van der Waals surface area contributed by atoms with Crippen molar-refractivity contribution in [2.24, 2.45) is 0 Å². The largest absolute Gasteiger partial charge is 0.392 e. The maximum atomic E-state index is 9.04. The molecular weight excluding hydrogens is 1220 g/mol. The first-order chi connectivity index (χ1) is 48.3. The molecular formula is C100H162O. The van der Waals surface area contributed by atoms with Crippen LogP contribution in [-0.2, 0) is 0 Å². The van der Waals surface area contributed by atoms with Crippen LogP contribution in [0.5, 0.6) is 0 Å². The van der Waals surface area contributed by atoms with Crippen LogP contribution in [0.4, 0.5) is 0 Å². The van der Waals surface area contributed by atoms with Crippen LogP contribution in [0.25, 0.3) is 0 Å². The average molecular weight is 1380 g/mol. The summed E-state index contributed by atoms with van der Waals surface area (Å²) in [4.78, 5) is 0. The number of aliphatic hydroxyl groups is 1. The summed E-state index contributed by atoms with van der Waals surface area (Å²) < 4.78 is 0. The summed E-state index contributed by atoms with van der Waals surface area (Å²) in [5, 5.41) is 9.04. The molecule has 0 aromatic heterocycles. The highest BCUT2D eigenvalue weighted by atomic mass is 16.2. The van der Waals surface area contributed by atoms with E-state index in [-0.39, 0.29) is 6.61 Å². The molecule has 0 atom stereocenters. The monoisotopic (exact) mass is 1380 g/mol. The Balaban J connectivity index is 4.36. The minimum atomic E-state index is 0.146. The molecule has 0 saturated heterocycles. The minimum absolute atomic E-state index is 0.146. The van der Waals surface area contributed by atoms with Gasteiger partial charge >= 0.3 is 0 Å². The Kier molecular flexibility index (Phi) is 61.0. The summed E-state index contributed by atoms with van der Waals surface area (Å²) in [6, 6.07) is 0. The molecule has 0 aromatic rings. The Hall–Kier alpha value is -5.24. The van der Waals surface area contributed by atoms with Gasteiger partial charge in [0.25, 0.3) is 0 Å². The molecule has 0 saturated carbocycles. The third-order valence-corrected chi connectivity index (χ3v) is 20.1. The van der Waals surface area contributed by atoms with Gasteiger partial charge in [-0.1, -0.05) is 233 Å². The highest BCUT2D eigenvalue weighted by Gasteiger charge is 2.03. The highest BCUT2D eigenvalue weighted by molar-refractivity contribution is 5.16. The first-order valence-corrected chi connectivity index (χ1v) is 41.0. The third-order valence-electron chi connectivity index (χ3n) is 20.1. The van der Waals surface area contributed by atoms with Crippen LogP contribution in [0, 0.1) is 0 Å². The Labute approximate surface area is 630 Å². The number of hydrogen-bond acceptors (Lipinski definition) is 1. The Morgan fingerprint density at radius 3 is 0.287 bits per heavy atom. The molecule has 0 aliphatic rings. The van der Waals surface area contributed by atoms with Crippen molar-refractivity contribution in [1.82, 2.24) is 0 Å².